The zero-order valence-corrected chi connectivity index (χ0v) is 10.8. The van der Waals surface area contributed by atoms with E-state index in [0.717, 1.165) is 4.90 Å². The van der Waals surface area contributed by atoms with Gasteiger partial charge in [0.2, 0.25) is 0 Å². The Labute approximate surface area is 105 Å². The van der Waals surface area contributed by atoms with Gasteiger partial charge < -0.3 is 14.6 Å². The van der Waals surface area contributed by atoms with E-state index >= 15 is 0 Å². The lowest BCUT2D eigenvalue weighted by atomic mass is 10.2. The van der Waals surface area contributed by atoms with Gasteiger partial charge >= 0.3 is 6.09 Å². The molecule has 7 heteroatoms. The molecule has 0 aromatic heterocycles. The molecule has 0 radical (unpaired) electrons. The van der Waals surface area contributed by atoms with Gasteiger partial charge in [-0.15, -0.1) is 0 Å². The molecule has 1 N–H and O–H groups in total. The number of aliphatic hydroxyl groups excluding tert-OH is 1. The van der Waals surface area contributed by atoms with Crippen LogP contribution in [0, 0.1) is 0 Å². The molecule has 1 rings (SSSR count). The fraction of sp³-hybridized carbons (Fsp3) is 0.909. The quantitative estimate of drug-likeness (QED) is 0.776. The van der Waals surface area contributed by atoms with Crippen molar-refractivity contribution < 1.29 is 28.2 Å². The fourth-order valence-corrected chi connectivity index (χ4v) is 1.54. The largest absolute Gasteiger partial charge is 0.444 e. The first-order chi connectivity index (χ1) is 8.14. The molecule has 0 aromatic rings. The monoisotopic (exact) mass is 267 g/mol. The summed E-state index contributed by atoms with van der Waals surface area (Å²) < 4.78 is 36.5. The standard InChI is InChI=1S/C11H19F2NO4/c1-10(2,3)18-9(16)14-6-11(12,13)7-17-5-8(14)4-15/h8,15H,4-7H2,1-3H3. The van der Waals surface area contributed by atoms with Crippen molar-refractivity contribution in [1.82, 2.24) is 4.90 Å². The van der Waals surface area contributed by atoms with Crippen molar-refractivity contribution in [3.8, 4) is 0 Å². The minimum absolute atomic E-state index is 0.134. The molecule has 0 saturated carbocycles. The molecule has 0 spiro atoms. The zero-order chi connectivity index (χ0) is 14.0. The fourth-order valence-electron chi connectivity index (χ4n) is 1.54. The van der Waals surface area contributed by atoms with E-state index in [4.69, 9.17) is 14.6 Å². The highest BCUT2D eigenvalue weighted by molar-refractivity contribution is 5.68. The minimum atomic E-state index is -3.14. The van der Waals surface area contributed by atoms with E-state index in [1.807, 2.05) is 0 Å². The minimum Gasteiger partial charge on any atom is -0.444 e. The van der Waals surface area contributed by atoms with E-state index in [9.17, 15) is 13.6 Å². The molecule has 1 saturated heterocycles. The summed E-state index contributed by atoms with van der Waals surface area (Å²) in [5, 5.41) is 9.13. The molecule has 1 unspecified atom stereocenters. The molecule has 0 aliphatic carbocycles. The van der Waals surface area contributed by atoms with Gasteiger partial charge in [-0.3, -0.25) is 4.90 Å². The molecule has 1 heterocycles. The first kappa shape index (κ1) is 15.1. The number of alkyl halides is 2. The molecule has 18 heavy (non-hydrogen) atoms. The Balaban J connectivity index is 2.82. The number of ether oxygens (including phenoxy) is 2. The number of nitrogens with zero attached hydrogens (tertiary/aromatic N) is 1. The molecule has 5 nitrogen and oxygen atoms in total. The van der Waals surface area contributed by atoms with E-state index in [0.29, 0.717) is 0 Å². The van der Waals surface area contributed by atoms with Crippen LogP contribution in [0.4, 0.5) is 13.6 Å². The second-order valence-electron chi connectivity index (χ2n) is 5.32. The van der Waals surface area contributed by atoms with Gasteiger partial charge in [0.15, 0.2) is 0 Å². The van der Waals surface area contributed by atoms with Crippen LogP contribution in [-0.2, 0) is 9.47 Å². The Morgan fingerprint density at radius 2 is 2.17 bits per heavy atom. The number of carbonyl (C=O) groups excluding carboxylic acids is 1. The van der Waals surface area contributed by atoms with Crippen molar-refractivity contribution in [3.63, 3.8) is 0 Å². The van der Waals surface area contributed by atoms with Crippen LogP contribution in [0.1, 0.15) is 20.8 Å². The summed E-state index contributed by atoms with van der Waals surface area (Å²) in [6.45, 7) is 2.78. The Kier molecular flexibility index (Phi) is 4.50. The summed E-state index contributed by atoms with van der Waals surface area (Å²) >= 11 is 0. The number of carbonyl (C=O) groups is 1. The molecule has 1 fully saturated rings. The van der Waals surface area contributed by atoms with Crippen molar-refractivity contribution in [3.05, 3.63) is 0 Å². The first-order valence-corrected chi connectivity index (χ1v) is 5.71. The van der Waals surface area contributed by atoms with Crippen LogP contribution in [0.3, 0.4) is 0 Å². The van der Waals surface area contributed by atoms with Crippen molar-refractivity contribution in [2.24, 2.45) is 0 Å². The molecular formula is C11H19F2NO4. The van der Waals surface area contributed by atoms with Crippen LogP contribution < -0.4 is 0 Å². The lowest BCUT2D eigenvalue weighted by molar-refractivity contribution is -0.0701. The maximum atomic E-state index is 13.4. The van der Waals surface area contributed by atoms with Gasteiger partial charge in [0.05, 0.1) is 25.8 Å². The molecular weight excluding hydrogens is 248 g/mol. The number of hydrogen-bond donors (Lipinski definition) is 1. The average molecular weight is 267 g/mol. The van der Waals surface area contributed by atoms with Gasteiger partial charge in [0, 0.05) is 0 Å². The maximum Gasteiger partial charge on any atom is 0.410 e. The van der Waals surface area contributed by atoms with Crippen LogP contribution in [0.2, 0.25) is 0 Å². The Morgan fingerprint density at radius 3 is 2.67 bits per heavy atom. The Morgan fingerprint density at radius 1 is 1.56 bits per heavy atom. The third-order valence-electron chi connectivity index (χ3n) is 2.30. The van der Waals surface area contributed by atoms with E-state index < -0.39 is 43.4 Å². The summed E-state index contributed by atoms with van der Waals surface area (Å²) in [7, 11) is 0. The van der Waals surface area contributed by atoms with Crippen LogP contribution in [0.25, 0.3) is 0 Å². The highest BCUT2D eigenvalue weighted by atomic mass is 19.3. The lowest BCUT2D eigenvalue weighted by Crippen LogP contribution is -2.49. The van der Waals surface area contributed by atoms with E-state index in [1.54, 1.807) is 20.8 Å². The molecule has 1 atom stereocenters. The molecule has 0 bridgehead atoms. The van der Waals surface area contributed by atoms with E-state index in [-0.39, 0.29) is 6.61 Å². The number of hydrogen-bond acceptors (Lipinski definition) is 4. The zero-order valence-electron chi connectivity index (χ0n) is 10.8. The van der Waals surface area contributed by atoms with Gasteiger partial charge in [0.1, 0.15) is 12.2 Å². The van der Waals surface area contributed by atoms with Gasteiger partial charge in [-0.25, -0.2) is 13.6 Å². The number of rotatable bonds is 1. The predicted octanol–water partition coefficient (Wildman–Crippen LogP) is 1.25. The molecule has 1 aliphatic heterocycles. The van der Waals surface area contributed by atoms with Gasteiger partial charge in [0.25, 0.3) is 5.92 Å². The van der Waals surface area contributed by atoms with Crippen LogP contribution in [-0.4, -0.2) is 60.0 Å². The van der Waals surface area contributed by atoms with Crippen LogP contribution in [0.15, 0.2) is 0 Å². The lowest BCUT2D eigenvalue weighted by Gasteiger charge is -2.31. The number of aliphatic hydroxyl groups is 1. The van der Waals surface area contributed by atoms with Crippen LogP contribution in [0.5, 0.6) is 0 Å². The van der Waals surface area contributed by atoms with Gasteiger partial charge in [-0.1, -0.05) is 0 Å². The summed E-state index contributed by atoms with van der Waals surface area (Å²) in [4.78, 5) is 12.7. The molecule has 106 valence electrons. The molecule has 1 aliphatic rings. The third kappa shape index (κ3) is 4.38. The second kappa shape index (κ2) is 5.36. The molecule has 0 aromatic carbocycles. The summed E-state index contributed by atoms with van der Waals surface area (Å²) in [5.41, 5.74) is -0.778. The highest BCUT2D eigenvalue weighted by Crippen LogP contribution is 2.23. The Bertz CT molecular complexity index is 304. The number of amides is 1. The van der Waals surface area contributed by atoms with Crippen molar-refractivity contribution in [1.29, 1.82) is 0 Å². The first-order valence-electron chi connectivity index (χ1n) is 5.71. The van der Waals surface area contributed by atoms with E-state index in [2.05, 4.69) is 0 Å². The van der Waals surface area contributed by atoms with Crippen molar-refractivity contribution in [2.75, 3.05) is 26.4 Å². The normalized spacial score (nSPS) is 24.6. The predicted molar refractivity (Wildman–Crippen MR) is 59.6 cm³/mol. The Hall–Kier alpha value is -0.950. The SMILES string of the molecule is CC(C)(C)OC(=O)N1CC(F)(F)COCC1CO. The third-order valence-corrected chi connectivity index (χ3v) is 2.30. The summed E-state index contributed by atoms with van der Waals surface area (Å²) in [6.07, 6.45) is -0.869. The van der Waals surface area contributed by atoms with E-state index in [1.165, 1.54) is 0 Å². The van der Waals surface area contributed by atoms with Crippen LogP contribution >= 0.6 is 0 Å². The number of halogens is 2. The second-order valence-corrected chi connectivity index (χ2v) is 5.32. The van der Waals surface area contributed by atoms with Gasteiger partial charge in [-0.05, 0) is 20.8 Å². The summed E-state index contributed by atoms with van der Waals surface area (Å²) in [5.74, 6) is -3.14. The molecule has 1 amide bonds. The van der Waals surface area contributed by atoms with Crippen molar-refractivity contribution in [2.45, 2.75) is 38.3 Å². The smallest absolute Gasteiger partial charge is 0.410 e. The van der Waals surface area contributed by atoms with Gasteiger partial charge in [-0.2, -0.15) is 0 Å². The topological polar surface area (TPSA) is 59.0 Å². The van der Waals surface area contributed by atoms with Crippen molar-refractivity contribution >= 4 is 6.09 Å². The summed E-state index contributed by atoms with van der Waals surface area (Å²) in [6, 6.07) is -0.812. The average Bonchev–Trinajstić information content (AvgIpc) is 2.33. The highest BCUT2D eigenvalue weighted by Gasteiger charge is 2.41. The maximum absolute atomic E-state index is 13.4.